The first-order valence-corrected chi connectivity index (χ1v) is 8.99. The number of nitrogens with one attached hydrogen (secondary N) is 1. The van der Waals surface area contributed by atoms with Gasteiger partial charge in [0.05, 0.1) is 0 Å². The topological polar surface area (TPSA) is 52.7 Å². The molecule has 1 fully saturated rings. The summed E-state index contributed by atoms with van der Waals surface area (Å²) in [6.45, 7) is 10.0. The van der Waals surface area contributed by atoms with Crippen molar-refractivity contribution in [2.75, 3.05) is 32.7 Å². The molecule has 2 rings (SSSR count). The number of piperazine rings is 1. The molecule has 0 bridgehead atoms. The monoisotopic (exact) mass is 331 g/mol. The quantitative estimate of drug-likeness (QED) is 0.871. The third kappa shape index (κ3) is 4.35. The van der Waals surface area contributed by atoms with E-state index in [9.17, 15) is 9.59 Å². The van der Waals surface area contributed by atoms with Gasteiger partial charge in [0.2, 0.25) is 0 Å². The predicted octanol–water partition coefficient (Wildman–Crippen LogP) is 2.38. The van der Waals surface area contributed by atoms with E-state index in [1.54, 1.807) is 18.2 Å². The summed E-state index contributed by atoms with van der Waals surface area (Å²) in [6, 6.07) is 7.33. The lowest BCUT2D eigenvalue weighted by Crippen LogP contribution is -2.52. The fraction of sp³-hybridized carbons (Fsp3) is 0.579. The molecule has 2 amide bonds. The van der Waals surface area contributed by atoms with Crippen molar-refractivity contribution in [1.29, 1.82) is 0 Å². The summed E-state index contributed by atoms with van der Waals surface area (Å²) in [5, 5.41) is 3.29. The van der Waals surface area contributed by atoms with Crippen LogP contribution in [0.15, 0.2) is 24.3 Å². The SMILES string of the molecule is CCCN(CCC)C(=O)c1cccc(C(=O)N2CCNCC2C)c1. The zero-order valence-electron chi connectivity index (χ0n) is 15.0. The van der Waals surface area contributed by atoms with E-state index in [-0.39, 0.29) is 17.9 Å². The number of nitrogens with zero attached hydrogens (tertiary/aromatic N) is 2. The van der Waals surface area contributed by atoms with Gasteiger partial charge in [0.1, 0.15) is 0 Å². The van der Waals surface area contributed by atoms with E-state index in [0.29, 0.717) is 17.7 Å². The molecule has 132 valence electrons. The van der Waals surface area contributed by atoms with E-state index in [2.05, 4.69) is 19.2 Å². The molecule has 1 aromatic rings. The molecule has 0 radical (unpaired) electrons. The van der Waals surface area contributed by atoms with Crippen LogP contribution in [0.1, 0.15) is 54.3 Å². The van der Waals surface area contributed by atoms with Crippen molar-refractivity contribution in [2.24, 2.45) is 0 Å². The van der Waals surface area contributed by atoms with Gasteiger partial charge in [-0.15, -0.1) is 0 Å². The van der Waals surface area contributed by atoms with E-state index in [1.807, 2.05) is 22.8 Å². The van der Waals surface area contributed by atoms with Gasteiger partial charge in [-0.25, -0.2) is 0 Å². The van der Waals surface area contributed by atoms with Crippen molar-refractivity contribution in [3.8, 4) is 0 Å². The highest BCUT2D eigenvalue weighted by molar-refractivity contribution is 5.99. The number of hydrogen-bond acceptors (Lipinski definition) is 3. The van der Waals surface area contributed by atoms with Gasteiger partial charge >= 0.3 is 0 Å². The first kappa shape index (κ1) is 18.5. The summed E-state index contributed by atoms with van der Waals surface area (Å²) < 4.78 is 0. The summed E-state index contributed by atoms with van der Waals surface area (Å²) in [6.07, 6.45) is 1.87. The molecule has 0 aliphatic carbocycles. The fourth-order valence-electron chi connectivity index (χ4n) is 3.13. The Labute approximate surface area is 145 Å². The molecule has 1 unspecified atom stereocenters. The second kappa shape index (κ2) is 8.83. The van der Waals surface area contributed by atoms with Gasteiger partial charge in [0.15, 0.2) is 0 Å². The molecule has 1 aromatic carbocycles. The Morgan fingerprint density at radius 3 is 2.50 bits per heavy atom. The van der Waals surface area contributed by atoms with Crippen LogP contribution >= 0.6 is 0 Å². The Kier molecular flexibility index (Phi) is 6.79. The summed E-state index contributed by atoms with van der Waals surface area (Å²) in [5.74, 6) is 0.0258. The number of benzene rings is 1. The van der Waals surface area contributed by atoms with Crippen molar-refractivity contribution in [3.63, 3.8) is 0 Å². The summed E-state index contributed by atoms with van der Waals surface area (Å²) in [7, 11) is 0. The normalized spacial score (nSPS) is 17.6. The van der Waals surface area contributed by atoms with Crippen LogP contribution in [0.4, 0.5) is 0 Å². The summed E-state index contributed by atoms with van der Waals surface area (Å²) >= 11 is 0. The highest BCUT2D eigenvalue weighted by Gasteiger charge is 2.25. The summed E-state index contributed by atoms with van der Waals surface area (Å²) in [4.78, 5) is 29.3. The minimum Gasteiger partial charge on any atom is -0.339 e. The Balaban J connectivity index is 2.18. The van der Waals surface area contributed by atoms with Crippen molar-refractivity contribution in [1.82, 2.24) is 15.1 Å². The zero-order valence-corrected chi connectivity index (χ0v) is 15.0. The lowest BCUT2D eigenvalue weighted by atomic mass is 10.1. The van der Waals surface area contributed by atoms with Crippen molar-refractivity contribution in [2.45, 2.75) is 39.7 Å². The Hall–Kier alpha value is -1.88. The van der Waals surface area contributed by atoms with Gasteiger partial charge < -0.3 is 15.1 Å². The largest absolute Gasteiger partial charge is 0.339 e. The average molecular weight is 331 g/mol. The molecule has 1 heterocycles. The Morgan fingerprint density at radius 2 is 1.88 bits per heavy atom. The molecule has 5 heteroatoms. The van der Waals surface area contributed by atoms with Crippen LogP contribution in [0.2, 0.25) is 0 Å². The standard InChI is InChI=1S/C19H29N3O2/c1-4-10-21(11-5-2)18(23)16-7-6-8-17(13-16)19(24)22-12-9-20-14-15(22)3/h6-8,13,15,20H,4-5,9-12,14H2,1-3H3. The minimum absolute atomic E-state index is 0.0104. The third-order valence-electron chi connectivity index (χ3n) is 4.39. The third-order valence-corrected chi connectivity index (χ3v) is 4.39. The maximum atomic E-state index is 12.8. The first-order chi connectivity index (χ1) is 11.6. The Morgan fingerprint density at radius 1 is 1.21 bits per heavy atom. The molecule has 0 spiro atoms. The van der Waals surface area contributed by atoms with Crippen LogP contribution in [0, 0.1) is 0 Å². The van der Waals surface area contributed by atoms with Gasteiger partial charge in [-0.2, -0.15) is 0 Å². The predicted molar refractivity (Wildman–Crippen MR) is 96.3 cm³/mol. The molecule has 5 nitrogen and oxygen atoms in total. The van der Waals surface area contributed by atoms with Gasteiger partial charge in [-0.05, 0) is 38.0 Å². The maximum absolute atomic E-state index is 12.8. The number of hydrogen-bond donors (Lipinski definition) is 1. The van der Waals surface area contributed by atoms with Crippen molar-refractivity contribution < 1.29 is 9.59 Å². The molecule has 1 atom stereocenters. The highest BCUT2D eigenvalue weighted by Crippen LogP contribution is 2.14. The summed E-state index contributed by atoms with van der Waals surface area (Å²) in [5.41, 5.74) is 1.20. The molecular formula is C19H29N3O2. The van der Waals surface area contributed by atoms with Gasteiger partial charge in [0, 0.05) is 49.9 Å². The van der Waals surface area contributed by atoms with E-state index in [0.717, 1.165) is 39.0 Å². The Bertz CT molecular complexity index is 567. The zero-order chi connectivity index (χ0) is 17.5. The molecule has 1 saturated heterocycles. The van der Waals surface area contributed by atoms with Crippen LogP contribution < -0.4 is 5.32 Å². The van der Waals surface area contributed by atoms with Crippen LogP contribution in [0.3, 0.4) is 0 Å². The van der Waals surface area contributed by atoms with Crippen molar-refractivity contribution >= 4 is 11.8 Å². The number of carbonyl (C=O) groups is 2. The second-order valence-electron chi connectivity index (χ2n) is 6.42. The number of amides is 2. The van der Waals surface area contributed by atoms with Crippen LogP contribution in [0.5, 0.6) is 0 Å². The van der Waals surface area contributed by atoms with Crippen molar-refractivity contribution in [3.05, 3.63) is 35.4 Å². The maximum Gasteiger partial charge on any atom is 0.254 e. The van der Waals surface area contributed by atoms with Crippen LogP contribution in [-0.2, 0) is 0 Å². The first-order valence-electron chi connectivity index (χ1n) is 8.99. The molecule has 1 aliphatic rings. The highest BCUT2D eigenvalue weighted by atomic mass is 16.2. The van der Waals surface area contributed by atoms with E-state index in [1.165, 1.54) is 0 Å². The molecule has 1 aliphatic heterocycles. The number of carbonyl (C=O) groups excluding carboxylic acids is 2. The van der Waals surface area contributed by atoms with E-state index < -0.39 is 0 Å². The lowest BCUT2D eigenvalue weighted by Gasteiger charge is -2.34. The van der Waals surface area contributed by atoms with E-state index in [4.69, 9.17) is 0 Å². The fourth-order valence-corrected chi connectivity index (χ4v) is 3.13. The van der Waals surface area contributed by atoms with E-state index >= 15 is 0 Å². The second-order valence-corrected chi connectivity index (χ2v) is 6.42. The van der Waals surface area contributed by atoms with Gasteiger partial charge in [-0.1, -0.05) is 19.9 Å². The smallest absolute Gasteiger partial charge is 0.254 e. The lowest BCUT2D eigenvalue weighted by molar-refractivity contribution is 0.0655. The molecular weight excluding hydrogens is 302 g/mol. The van der Waals surface area contributed by atoms with Gasteiger partial charge in [-0.3, -0.25) is 9.59 Å². The van der Waals surface area contributed by atoms with Crippen LogP contribution in [0.25, 0.3) is 0 Å². The molecule has 0 aromatic heterocycles. The van der Waals surface area contributed by atoms with Gasteiger partial charge in [0.25, 0.3) is 11.8 Å². The molecule has 24 heavy (non-hydrogen) atoms. The number of rotatable bonds is 6. The molecule has 0 saturated carbocycles. The average Bonchev–Trinajstić information content (AvgIpc) is 2.61. The minimum atomic E-state index is 0.0104. The molecule has 1 N–H and O–H groups in total. The van der Waals surface area contributed by atoms with Crippen LogP contribution in [-0.4, -0.2) is 60.4 Å².